The molecular formula is C45H56IrNO3S2-. The fraction of sp³-hybridized carbons (Fsp3) is 0.467. The quantitative estimate of drug-likeness (QED) is 0.0845. The Morgan fingerprint density at radius 1 is 0.942 bits per heavy atom. The first-order valence-electron chi connectivity index (χ1n) is 18.6. The fourth-order valence-electron chi connectivity index (χ4n) is 6.63. The van der Waals surface area contributed by atoms with Gasteiger partial charge < -0.3 is 9.52 Å². The molecule has 281 valence electrons. The number of allylic oxidation sites excluding steroid dienone is 2. The van der Waals surface area contributed by atoms with Crippen LogP contribution in [0.2, 0.25) is 0 Å². The summed E-state index contributed by atoms with van der Waals surface area (Å²) in [7, 11) is 0. The Kier molecular flexibility index (Phi) is 13.1. The normalized spacial score (nSPS) is 12.9. The Bertz CT molecular complexity index is 2220. The minimum absolute atomic E-state index is 0. The zero-order chi connectivity index (χ0) is 37.5. The van der Waals surface area contributed by atoms with E-state index in [-0.39, 0.29) is 47.9 Å². The van der Waals surface area contributed by atoms with Crippen molar-refractivity contribution in [2.75, 3.05) is 0 Å². The summed E-state index contributed by atoms with van der Waals surface area (Å²) in [5.41, 5.74) is 5.97. The number of carbonyl (C=O) groups is 1. The van der Waals surface area contributed by atoms with Crippen molar-refractivity contribution in [3.8, 4) is 11.3 Å². The molecule has 0 spiro atoms. The Morgan fingerprint density at radius 2 is 1.60 bits per heavy atom. The zero-order valence-electron chi connectivity index (χ0n) is 33.1. The van der Waals surface area contributed by atoms with Crippen LogP contribution < -0.4 is 0 Å². The molecular weight excluding hydrogens is 859 g/mol. The number of hydrogen-bond acceptors (Lipinski definition) is 6. The number of ketones is 1. The van der Waals surface area contributed by atoms with Gasteiger partial charge >= 0.3 is 0 Å². The Hall–Kier alpha value is -2.83. The van der Waals surface area contributed by atoms with Gasteiger partial charge in [-0.25, -0.2) is 0 Å². The summed E-state index contributed by atoms with van der Waals surface area (Å²) < 4.78 is 8.99. The number of rotatable bonds is 10. The third-order valence-electron chi connectivity index (χ3n) is 11.3. The number of benzene rings is 2. The number of nitrogens with zero attached hydrogens (tertiary/aromatic N) is 1. The Balaban J connectivity index is 0.000000289. The van der Waals surface area contributed by atoms with Gasteiger partial charge in [0.2, 0.25) is 0 Å². The average Bonchev–Trinajstić information content (AvgIpc) is 3.80. The van der Waals surface area contributed by atoms with Gasteiger partial charge in [-0.15, -0.1) is 34.9 Å². The van der Waals surface area contributed by atoms with E-state index in [0.717, 1.165) is 70.7 Å². The first kappa shape index (κ1) is 41.9. The van der Waals surface area contributed by atoms with Crippen LogP contribution in [0.3, 0.4) is 0 Å². The predicted molar refractivity (Wildman–Crippen MR) is 222 cm³/mol. The van der Waals surface area contributed by atoms with Crippen LogP contribution in [0, 0.1) is 29.7 Å². The van der Waals surface area contributed by atoms with Gasteiger partial charge in [0.05, 0.1) is 0 Å². The van der Waals surface area contributed by atoms with Crippen molar-refractivity contribution in [2.45, 2.75) is 121 Å². The van der Waals surface area contributed by atoms with E-state index in [4.69, 9.17) is 9.40 Å². The van der Waals surface area contributed by atoms with Crippen LogP contribution in [0.15, 0.2) is 58.2 Å². The van der Waals surface area contributed by atoms with Crippen LogP contribution in [0.1, 0.15) is 118 Å². The van der Waals surface area contributed by atoms with Crippen molar-refractivity contribution in [1.82, 2.24) is 4.98 Å². The third kappa shape index (κ3) is 8.14. The summed E-state index contributed by atoms with van der Waals surface area (Å²) in [6.45, 7) is 25.7. The molecule has 2 aromatic carbocycles. The molecule has 0 bridgehead atoms. The molecule has 7 heteroatoms. The standard InChI is InChI=1S/C30H28NOS2.C15H28O2.Ir/c1-16(2)11-25-17(3)20-14-21-24(15-26(20)34-25)32-23-7-9-31-28(27(21)23)19-12-18-8-10-33-29(18)22(13-19)30(4,5)6;1-7-14(5,8-2)12(16)11-13(17)15(6,9-3)10-4;/h7-10,13-16H,11H2,1-6H3;11,16H,7-10H2,1-6H3;/q-1;;/b;12-11-;. The van der Waals surface area contributed by atoms with Crippen LogP contribution in [-0.2, 0) is 36.7 Å². The topological polar surface area (TPSA) is 63.3 Å². The van der Waals surface area contributed by atoms with Crippen LogP contribution in [-0.4, -0.2) is 15.9 Å². The smallest absolute Gasteiger partial charge is 0.164 e. The molecule has 0 fully saturated rings. The molecule has 52 heavy (non-hydrogen) atoms. The van der Waals surface area contributed by atoms with E-state index in [0.29, 0.717) is 5.92 Å². The maximum Gasteiger partial charge on any atom is 0.164 e. The first-order valence-corrected chi connectivity index (χ1v) is 20.3. The summed E-state index contributed by atoms with van der Waals surface area (Å²) in [6, 6.07) is 14.7. The van der Waals surface area contributed by atoms with E-state index in [1.54, 1.807) is 11.3 Å². The van der Waals surface area contributed by atoms with E-state index < -0.39 is 0 Å². The third-order valence-corrected chi connectivity index (χ3v) is 13.5. The fourth-order valence-corrected chi connectivity index (χ4v) is 9.14. The Labute approximate surface area is 332 Å². The van der Waals surface area contributed by atoms with Gasteiger partial charge in [0.1, 0.15) is 16.9 Å². The zero-order valence-corrected chi connectivity index (χ0v) is 37.1. The van der Waals surface area contributed by atoms with E-state index in [1.165, 1.54) is 36.9 Å². The van der Waals surface area contributed by atoms with Crippen molar-refractivity contribution in [2.24, 2.45) is 16.7 Å². The SMILES string of the molecule is CCC(C)(CC)C(=O)/C=C(\O)C(C)(CC)CC.Cc1c(CC(C)C)sc2cc3oc4ccnc(-c5[c-]c6ccsc6c(C(C)(C)C)c5)c4c3cc12.[Ir]. The number of aromatic nitrogens is 1. The molecule has 0 atom stereocenters. The predicted octanol–water partition coefficient (Wildman–Crippen LogP) is 14.3. The molecule has 1 radical (unpaired) electrons. The first-order chi connectivity index (χ1) is 24.0. The molecule has 0 unspecified atom stereocenters. The second kappa shape index (κ2) is 16.3. The maximum absolute atomic E-state index is 12.2. The molecule has 0 amide bonds. The van der Waals surface area contributed by atoms with Gasteiger partial charge in [0.25, 0.3) is 0 Å². The number of furan rings is 1. The van der Waals surface area contributed by atoms with Gasteiger partial charge in [-0.1, -0.05) is 87.3 Å². The minimum atomic E-state index is -0.337. The van der Waals surface area contributed by atoms with Gasteiger partial charge in [-0.2, -0.15) is 11.3 Å². The second-order valence-corrected chi connectivity index (χ2v) is 18.2. The summed E-state index contributed by atoms with van der Waals surface area (Å²) in [6.07, 6.45) is 7.73. The van der Waals surface area contributed by atoms with Gasteiger partial charge in [-0.05, 0) is 89.6 Å². The minimum Gasteiger partial charge on any atom is -0.512 e. The number of hydrogen-bond donors (Lipinski definition) is 1. The monoisotopic (exact) mass is 915 g/mol. The number of aryl methyl sites for hydroxylation is 1. The summed E-state index contributed by atoms with van der Waals surface area (Å²) in [4.78, 5) is 18.5. The maximum atomic E-state index is 12.2. The molecule has 4 aromatic heterocycles. The summed E-state index contributed by atoms with van der Waals surface area (Å²) >= 11 is 3.70. The molecule has 6 rings (SSSR count). The van der Waals surface area contributed by atoms with E-state index in [1.807, 2.05) is 65.1 Å². The van der Waals surface area contributed by atoms with Crippen molar-refractivity contribution < 1.29 is 34.4 Å². The molecule has 4 heterocycles. The molecule has 0 aliphatic rings. The van der Waals surface area contributed by atoms with Crippen molar-refractivity contribution in [3.05, 3.63) is 75.8 Å². The van der Waals surface area contributed by atoms with Crippen molar-refractivity contribution in [3.63, 3.8) is 0 Å². The second-order valence-electron chi connectivity index (χ2n) is 16.2. The largest absolute Gasteiger partial charge is 0.512 e. The molecule has 6 aromatic rings. The van der Waals surface area contributed by atoms with Gasteiger partial charge in [0.15, 0.2) is 5.78 Å². The van der Waals surface area contributed by atoms with E-state index in [2.05, 4.69) is 77.3 Å². The van der Waals surface area contributed by atoms with E-state index >= 15 is 0 Å². The number of pyridine rings is 1. The van der Waals surface area contributed by atoms with Crippen LogP contribution in [0.4, 0.5) is 0 Å². The molecule has 0 saturated heterocycles. The Morgan fingerprint density at radius 3 is 2.19 bits per heavy atom. The number of fused-ring (bicyclic) bond motifs is 5. The molecule has 0 saturated carbocycles. The molecule has 0 aliphatic carbocycles. The van der Waals surface area contributed by atoms with Crippen molar-refractivity contribution in [1.29, 1.82) is 0 Å². The number of aliphatic hydroxyl groups is 1. The van der Waals surface area contributed by atoms with Crippen LogP contribution >= 0.6 is 22.7 Å². The number of carbonyl (C=O) groups excluding carboxylic acids is 1. The van der Waals surface area contributed by atoms with E-state index in [9.17, 15) is 9.90 Å². The number of thiophene rings is 2. The average molecular weight is 915 g/mol. The van der Waals surface area contributed by atoms with Crippen LogP contribution in [0.25, 0.3) is 53.4 Å². The number of aliphatic hydroxyl groups excluding tert-OH is 1. The van der Waals surface area contributed by atoms with Gasteiger partial charge in [-0.3, -0.25) is 9.78 Å². The summed E-state index contributed by atoms with van der Waals surface area (Å²) in [5.74, 6) is 0.930. The van der Waals surface area contributed by atoms with Gasteiger partial charge in [0, 0.05) is 69.3 Å². The van der Waals surface area contributed by atoms with Crippen molar-refractivity contribution >= 4 is 70.6 Å². The molecule has 1 N–H and O–H groups in total. The molecule has 4 nitrogen and oxygen atoms in total. The van der Waals surface area contributed by atoms with Crippen LogP contribution in [0.5, 0.6) is 0 Å². The molecule has 0 aliphatic heterocycles. The summed E-state index contributed by atoms with van der Waals surface area (Å²) in [5, 5.41) is 17.0.